The molecule has 2 rings (SSSR count). The standard InChI is InChI=1S/C16H21IO2/c17-11-15-8-4-7-14(9-15)10-16(18)19-12-13-5-2-1-3-6-13/h1-3,5-6,14-15H,4,7-12H2. The molecule has 2 atom stereocenters. The van der Waals surface area contributed by atoms with E-state index in [1.807, 2.05) is 30.3 Å². The van der Waals surface area contributed by atoms with E-state index in [0.29, 0.717) is 18.9 Å². The number of rotatable bonds is 5. The topological polar surface area (TPSA) is 26.3 Å². The van der Waals surface area contributed by atoms with Crippen molar-refractivity contribution >= 4 is 28.6 Å². The molecule has 0 heterocycles. The van der Waals surface area contributed by atoms with Crippen LogP contribution in [-0.4, -0.2) is 10.4 Å². The van der Waals surface area contributed by atoms with Crippen molar-refractivity contribution in [2.24, 2.45) is 11.8 Å². The van der Waals surface area contributed by atoms with Crippen molar-refractivity contribution in [1.29, 1.82) is 0 Å². The van der Waals surface area contributed by atoms with Crippen molar-refractivity contribution in [3.8, 4) is 0 Å². The lowest BCUT2D eigenvalue weighted by atomic mass is 9.81. The molecule has 0 amide bonds. The molecule has 0 radical (unpaired) electrons. The Balaban J connectivity index is 1.72. The van der Waals surface area contributed by atoms with E-state index in [4.69, 9.17) is 4.74 Å². The first-order valence-corrected chi connectivity index (χ1v) is 8.56. The summed E-state index contributed by atoms with van der Waals surface area (Å²) in [7, 11) is 0. The normalized spacial score (nSPS) is 23.0. The van der Waals surface area contributed by atoms with Crippen LogP contribution in [0.4, 0.5) is 0 Å². The Morgan fingerprint density at radius 1 is 1.21 bits per heavy atom. The second kappa shape index (κ2) is 7.88. The second-order valence-corrected chi connectivity index (χ2v) is 6.28. The Morgan fingerprint density at radius 2 is 1.95 bits per heavy atom. The number of carbonyl (C=O) groups excluding carboxylic acids is 1. The van der Waals surface area contributed by atoms with E-state index in [9.17, 15) is 4.79 Å². The van der Waals surface area contributed by atoms with Crippen molar-refractivity contribution in [2.45, 2.75) is 38.7 Å². The van der Waals surface area contributed by atoms with E-state index in [-0.39, 0.29) is 5.97 Å². The van der Waals surface area contributed by atoms with E-state index < -0.39 is 0 Å². The molecule has 0 aromatic heterocycles. The third-order valence-electron chi connectivity index (χ3n) is 3.81. The van der Waals surface area contributed by atoms with Gasteiger partial charge in [-0.1, -0.05) is 59.3 Å². The second-order valence-electron chi connectivity index (χ2n) is 5.40. The number of halogens is 1. The Morgan fingerprint density at radius 3 is 2.68 bits per heavy atom. The van der Waals surface area contributed by atoms with Gasteiger partial charge >= 0.3 is 5.97 Å². The predicted molar refractivity (Wildman–Crippen MR) is 85.2 cm³/mol. The van der Waals surface area contributed by atoms with Crippen LogP contribution in [-0.2, 0) is 16.1 Å². The van der Waals surface area contributed by atoms with Crippen LogP contribution in [0.15, 0.2) is 30.3 Å². The summed E-state index contributed by atoms with van der Waals surface area (Å²) >= 11 is 2.46. The number of carbonyl (C=O) groups is 1. The third-order valence-corrected chi connectivity index (χ3v) is 5.05. The molecule has 1 saturated carbocycles. The molecule has 1 aliphatic rings. The SMILES string of the molecule is O=C(CC1CCCC(CI)C1)OCc1ccccc1. The molecule has 2 nitrogen and oxygen atoms in total. The predicted octanol–water partition coefficient (Wildman–Crippen LogP) is 4.36. The molecule has 0 saturated heterocycles. The number of esters is 1. The van der Waals surface area contributed by atoms with Crippen LogP contribution in [0, 0.1) is 11.8 Å². The van der Waals surface area contributed by atoms with Crippen LogP contribution in [0.2, 0.25) is 0 Å². The van der Waals surface area contributed by atoms with Crippen LogP contribution in [0.1, 0.15) is 37.7 Å². The van der Waals surface area contributed by atoms with Crippen molar-refractivity contribution in [3.63, 3.8) is 0 Å². The molecule has 104 valence electrons. The van der Waals surface area contributed by atoms with Crippen molar-refractivity contribution in [2.75, 3.05) is 4.43 Å². The highest BCUT2D eigenvalue weighted by atomic mass is 127. The smallest absolute Gasteiger partial charge is 0.306 e. The molecule has 0 spiro atoms. The fourth-order valence-corrected chi connectivity index (χ4v) is 3.56. The maximum atomic E-state index is 11.9. The first kappa shape index (κ1) is 14.8. The van der Waals surface area contributed by atoms with Gasteiger partial charge in [-0.15, -0.1) is 0 Å². The maximum absolute atomic E-state index is 11.9. The van der Waals surface area contributed by atoms with Gasteiger partial charge in [0.2, 0.25) is 0 Å². The van der Waals surface area contributed by atoms with Gasteiger partial charge in [0.25, 0.3) is 0 Å². The molecule has 1 aromatic rings. The number of hydrogen-bond donors (Lipinski definition) is 0. The third kappa shape index (κ3) is 5.13. The number of benzene rings is 1. The van der Waals surface area contributed by atoms with E-state index in [1.54, 1.807) is 0 Å². The summed E-state index contributed by atoms with van der Waals surface area (Å²) in [6, 6.07) is 9.88. The van der Waals surface area contributed by atoms with E-state index in [0.717, 1.165) is 11.5 Å². The Hall–Kier alpha value is -0.580. The lowest BCUT2D eigenvalue weighted by Crippen LogP contribution is -2.20. The highest BCUT2D eigenvalue weighted by molar-refractivity contribution is 14.1. The summed E-state index contributed by atoms with van der Waals surface area (Å²) in [5, 5.41) is 0. The van der Waals surface area contributed by atoms with Gasteiger partial charge < -0.3 is 4.74 Å². The summed E-state index contributed by atoms with van der Waals surface area (Å²) < 4.78 is 6.57. The van der Waals surface area contributed by atoms with E-state index >= 15 is 0 Å². The minimum Gasteiger partial charge on any atom is -0.461 e. The van der Waals surface area contributed by atoms with Crippen LogP contribution in [0.5, 0.6) is 0 Å². The van der Waals surface area contributed by atoms with Crippen molar-refractivity contribution < 1.29 is 9.53 Å². The monoisotopic (exact) mass is 372 g/mol. The zero-order valence-electron chi connectivity index (χ0n) is 11.2. The van der Waals surface area contributed by atoms with Gasteiger partial charge in [0.15, 0.2) is 0 Å². The average Bonchev–Trinajstić information content (AvgIpc) is 2.46. The lowest BCUT2D eigenvalue weighted by molar-refractivity contribution is -0.146. The highest BCUT2D eigenvalue weighted by Gasteiger charge is 2.23. The van der Waals surface area contributed by atoms with Gasteiger partial charge in [-0.2, -0.15) is 0 Å². The minimum atomic E-state index is -0.0389. The first-order chi connectivity index (χ1) is 9.28. The minimum absolute atomic E-state index is 0.0389. The Kier molecular flexibility index (Phi) is 6.14. The largest absolute Gasteiger partial charge is 0.461 e. The molecule has 1 aliphatic carbocycles. The molecule has 0 N–H and O–H groups in total. The van der Waals surface area contributed by atoms with Crippen LogP contribution < -0.4 is 0 Å². The molecule has 2 unspecified atom stereocenters. The number of ether oxygens (including phenoxy) is 1. The molecule has 3 heteroatoms. The van der Waals surface area contributed by atoms with Gasteiger partial charge in [-0.3, -0.25) is 4.79 Å². The average molecular weight is 372 g/mol. The molecule has 1 fully saturated rings. The first-order valence-electron chi connectivity index (χ1n) is 7.03. The van der Waals surface area contributed by atoms with Crippen LogP contribution >= 0.6 is 22.6 Å². The number of hydrogen-bond acceptors (Lipinski definition) is 2. The van der Waals surface area contributed by atoms with Gasteiger partial charge in [0, 0.05) is 10.8 Å². The summed E-state index contributed by atoms with van der Waals surface area (Å²) in [6.45, 7) is 0.405. The molecule has 0 bridgehead atoms. The van der Waals surface area contributed by atoms with Gasteiger partial charge in [0.1, 0.15) is 6.61 Å². The zero-order valence-corrected chi connectivity index (χ0v) is 13.3. The quantitative estimate of drug-likeness (QED) is 0.436. The molecule has 0 aliphatic heterocycles. The Bertz CT molecular complexity index is 391. The van der Waals surface area contributed by atoms with E-state index in [1.165, 1.54) is 30.1 Å². The van der Waals surface area contributed by atoms with Crippen LogP contribution in [0.25, 0.3) is 0 Å². The zero-order chi connectivity index (χ0) is 13.5. The van der Waals surface area contributed by atoms with Gasteiger partial charge in [-0.25, -0.2) is 0 Å². The maximum Gasteiger partial charge on any atom is 0.306 e. The molecule has 1 aromatic carbocycles. The molecular weight excluding hydrogens is 351 g/mol. The Labute approximate surface area is 129 Å². The van der Waals surface area contributed by atoms with E-state index in [2.05, 4.69) is 22.6 Å². The summed E-state index contributed by atoms with van der Waals surface area (Å²) in [4.78, 5) is 11.9. The highest BCUT2D eigenvalue weighted by Crippen LogP contribution is 2.32. The van der Waals surface area contributed by atoms with Gasteiger partial charge in [0.05, 0.1) is 0 Å². The molecule has 19 heavy (non-hydrogen) atoms. The van der Waals surface area contributed by atoms with Gasteiger partial charge in [-0.05, 0) is 36.7 Å². The summed E-state index contributed by atoms with van der Waals surface area (Å²) in [5.74, 6) is 1.31. The summed E-state index contributed by atoms with van der Waals surface area (Å²) in [5.41, 5.74) is 1.06. The fourth-order valence-electron chi connectivity index (χ4n) is 2.76. The molecular formula is C16H21IO2. The van der Waals surface area contributed by atoms with Crippen LogP contribution in [0.3, 0.4) is 0 Å². The summed E-state index contributed by atoms with van der Waals surface area (Å²) in [6.07, 6.45) is 5.58. The lowest BCUT2D eigenvalue weighted by Gasteiger charge is -2.27. The van der Waals surface area contributed by atoms with Crippen molar-refractivity contribution in [1.82, 2.24) is 0 Å². The number of alkyl halides is 1. The fraction of sp³-hybridized carbons (Fsp3) is 0.562. The van der Waals surface area contributed by atoms with Crippen molar-refractivity contribution in [3.05, 3.63) is 35.9 Å².